The molecule has 2 aromatic carbocycles. The molecule has 0 unspecified atom stereocenters. The Bertz CT molecular complexity index is 1290. The van der Waals surface area contributed by atoms with Crippen molar-refractivity contribution in [2.24, 2.45) is 0 Å². The van der Waals surface area contributed by atoms with Crippen LogP contribution in [0.25, 0.3) is 10.9 Å². The highest BCUT2D eigenvalue weighted by molar-refractivity contribution is 6.30. The summed E-state index contributed by atoms with van der Waals surface area (Å²) < 4.78 is 15.5. The molecule has 0 spiro atoms. The SMILES string of the molecule is CC(=O)c1nn(CC(=O)N(CC(=O)NCc2cccc(Cl)c2F)C(C)C)c2ccc(NC=O)cc12. The van der Waals surface area contributed by atoms with Gasteiger partial charge in [-0.05, 0) is 38.1 Å². The quantitative estimate of drug-likeness (QED) is 0.327. The Hall–Kier alpha value is -3.79. The summed E-state index contributed by atoms with van der Waals surface area (Å²) in [5.74, 6) is -1.76. The van der Waals surface area contributed by atoms with Crippen molar-refractivity contribution in [1.29, 1.82) is 0 Å². The van der Waals surface area contributed by atoms with E-state index in [-0.39, 0.29) is 47.7 Å². The first-order valence-electron chi connectivity index (χ1n) is 10.8. The molecule has 1 heterocycles. The molecule has 0 bridgehead atoms. The van der Waals surface area contributed by atoms with E-state index in [1.807, 2.05) is 0 Å². The number of rotatable bonds is 10. The number of halogens is 2. The average Bonchev–Trinajstić information content (AvgIpc) is 3.16. The van der Waals surface area contributed by atoms with E-state index in [4.69, 9.17) is 11.6 Å². The van der Waals surface area contributed by atoms with Gasteiger partial charge in [-0.15, -0.1) is 0 Å². The second-order valence-electron chi connectivity index (χ2n) is 8.16. The van der Waals surface area contributed by atoms with Crippen molar-refractivity contribution in [3.05, 3.63) is 58.5 Å². The Labute approximate surface area is 206 Å². The lowest BCUT2D eigenvalue weighted by Gasteiger charge is -2.26. The van der Waals surface area contributed by atoms with E-state index in [1.165, 1.54) is 28.6 Å². The number of ketones is 1. The summed E-state index contributed by atoms with van der Waals surface area (Å²) in [6.45, 7) is 4.36. The van der Waals surface area contributed by atoms with Gasteiger partial charge in [0, 0.05) is 36.1 Å². The van der Waals surface area contributed by atoms with E-state index in [2.05, 4.69) is 15.7 Å². The van der Waals surface area contributed by atoms with Crippen LogP contribution in [-0.4, -0.2) is 51.3 Å². The number of hydrogen-bond donors (Lipinski definition) is 2. The zero-order valence-electron chi connectivity index (χ0n) is 19.5. The lowest BCUT2D eigenvalue weighted by atomic mass is 10.1. The van der Waals surface area contributed by atoms with E-state index < -0.39 is 17.6 Å². The van der Waals surface area contributed by atoms with Crippen LogP contribution in [-0.2, 0) is 27.5 Å². The highest BCUT2D eigenvalue weighted by Crippen LogP contribution is 2.23. The van der Waals surface area contributed by atoms with Crippen LogP contribution in [0.4, 0.5) is 10.1 Å². The van der Waals surface area contributed by atoms with Gasteiger partial charge in [0.05, 0.1) is 17.1 Å². The molecular weight excluding hydrogens is 477 g/mol. The minimum atomic E-state index is -0.607. The minimum Gasteiger partial charge on any atom is -0.350 e. The topological polar surface area (TPSA) is 113 Å². The Morgan fingerprint density at radius 2 is 1.97 bits per heavy atom. The van der Waals surface area contributed by atoms with E-state index in [9.17, 15) is 23.6 Å². The maximum Gasteiger partial charge on any atom is 0.245 e. The molecule has 0 saturated heterocycles. The van der Waals surface area contributed by atoms with Crippen LogP contribution in [0.3, 0.4) is 0 Å². The van der Waals surface area contributed by atoms with Crippen LogP contribution in [0.15, 0.2) is 36.4 Å². The Balaban J connectivity index is 1.76. The van der Waals surface area contributed by atoms with Crippen molar-refractivity contribution < 1.29 is 23.6 Å². The van der Waals surface area contributed by atoms with Gasteiger partial charge in [-0.25, -0.2) is 4.39 Å². The van der Waals surface area contributed by atoms with Crippen molar-refractivity contribution in [2.75, 3.05) is 11.9 Å². The van der Waals surface area contributed by atoms with Crippen LogP contribution < -0.4 is 10.6 Å². The largest absolute Gasteiger partial charge is 0.350 e. The van der Waals surface area contributed by atoms with Crippen LogP contribution >= 0.6 is 11.6 Å². The number of benzene rings is 2. The Morgan fingerprint density at radius 3 is 2.63 bits per heavy atom. The zero-order chi connectivity index (χ0) is 25.7. The van der Waals surface area contributed by atoms with Gasteiger partial charge in [-0.2, -0.15) is 5.10 Å². The fraction of sp³-hybridized carbons (Fsp3) is 0.292. The number of carbonyl (C=O) groups is 4. The third kappa shape index (κ3) is 6.02. The third-order valence-electron chi connectivity index (χ3n) is 5.36. The molecule has 35 heavy (non-hydrogen) atoms. The maximum absolute atomic E-state index is 14.1. The molecule has 11 heteroatoms. The Morgan fingerprint density at radius 1 is 1.23 bits per heavy atom. The number of aromatic nitrogens is 2. The molecule has 0 aliphatic rings. The molecule has 1 aromatic heterocycles. The van der Waals surface area contributed by atoms with Crippen molar-refractivity contribution in [3.63, 3.8) is 0 Å². The summed E-state index contributed by atoms with van der Waals surface area (Å²) in [7, 11) is 0. The number of hydrogen-bond acceptors (Lipinski definition) is 5. The highest BCUT2D eigenvalue weighted by atomic mass is 35.5. The summed E-state index contributed by atoms with van der Waals surface area (Å²) in [4.78, 5) is 49.9. The smallest absolute Gasteiger partial charge is 0.245 e. The van der Waals surface area contributed by atoms with Crippen LogP contribution in [0.1, 0.15) is 36.8 Å². The van der Waals surface area contributed by atoms with E-state index >= 15 is 0 Å². The summed E-state index contributed by atoms with van der Waals surface area (Å²) in [6.07, 6.45) is 0.523. The lowest BCUT2D eigenvalue weighted by molar-refractivity contribution is -0.138. The van der Waals surface area contributed by atoms with Gasteiger partial charge in [-0.3, -0.25) is 23.9 Å². The lowest BCUT2D eigenvalue weighted by Crippen LogP contribution is -2.45. The van der Waals surface area contributed by atoms with E-state index in [0.29, 0.717) is 23.0 Å². The van der Waals surface area contributed by atoms with Gasteiger partial charge in [0.2, 0.25) is 18.2 Å². The first-order valence-corrected chi connectivity index (χ1v) is 11.2. The van der Waals surface area contributed by atoms with Crippen molar-refractivity contribution >= 4 is 52.2 Å². The van der Waals surface area contributed by atoms with Gasteiger partial charge in [0.15, 0.2) is 5.78 Å². The summed E-state index contributed by atoms with van der Waals surface area (Å²) >= 11 is 5.77. The molecule has 0 aliphatic carbocycles. The molecule has 0 radical (unpaired) electrons. The third-order valence-corrected chi connectivity index (χ3v) is 5.65. The molecule has 3 aromatic rings. The normalized spacial score (nSPS) is 10.9. The number of anilines is 1. The number of Topliss-reactive ketones (excluding diaryl/α,β-unsaturated/α-hetero) is 1. The molecule has 0 atom stereocenters. The fourth-order valence-corrected chi connectivity index (χ4v) is 3.78. The second kappa shape index (κ2) is 11.1. The van der Waals surface area contributed by atoms with Crippen LogP contribution in [0.5, 0.6) is 0 Å². The number of carbonyl (C=O) groups excluding carboxylic acids is 4. The molecule has 0 saturated carbocycles. The first kappa shape index (κ1) is 25.8. The molecule has 0 fully saturated rings. The molecule has 3 rings (SSSR count). The van der Waals surface area contributed by atoms with Gasteiger partial charge in [-0.1, -0.05) is 23.7 Å². The molecule has 2 N–H and O–H groups in total. The number of amides is 3. The summed E-state index contributed by atoms with van der Waals surface area (Å²) in [6, 6.07) is 9.09. The van der Waals surface area contributed by atoms with E-state index in [0.717, 1.165) is 0 Å². The highest BCUT2D eigenvalue weighted by Gasteiger charge is 2.23. The molecule has 3 amide bonds. The predicted molar refractivity (Wildman–Crippen MR) is 130 cm³/mol. The minimum absolute atomic E-state index is 0.0406. The standard InChI is InChI=1S/C24H25ClFN5O4/c1-14(2)30(11-21(34)27-10-16-5-4-6-19(25)23(16)26)22(35)12-31-20-8-7-17(28-13-32)9-18(20)24(29-31)15(3)33/h4-9,13-14H,10-12H2,1-3H3,(H,27,34)(H,28,32). The van der Waals surface area contributed by atoms with Crippen molar-refractivity contribution in [2.45, 2.75) is 39.9 Å². The monoisotopic (exact) mass is 501 g/mol. The molecule has 0 aliphatic heterocycles. The number of nitrogens with zero attached hydrogens (tertiary/aromatic N) is 3. The molecule has 9 nitrogen and oxygen atoms in total. The van der Waals surface area contributed by atoms with Gasteiger partial charge in [0.1, 0.15) is 18.1 Å². The zero-order valence-corrected chi connectivity index (χ0v) is 20.2. The van der Waals surface area contributed by atoms with E-state index in [1.54, 1.807) is 38.1 Å². The summed E-state index contributed by atoms with van der Waals surface area (Å²) in [5.41, 5.74) is 1.42. The second-order valence-corrected chi connectivity index (χ2v) is 8.57. The van der Waals surface area contributed by atoms with Crippen LogP contribution in [0.2, 0.25) is 5.02 Å². The maximum atomic E-state index is 14.1. The van der Waals surface area contributed by atoms with Gasteiger partial charge >= 0.3 is 0 Å². The number of nitrogens with one attached hydrogen (secondary N) is 2. The number of fused-ring (bicyclic) bond motifs is 1. The summed E-state index contributed by atoms with van der Waals surface area (Å²) in [5, 5.41) is 9.87. The van der Waals surface area contributed by atoms with Gasteiger partial charge < -0.3 is 15.5 Å². The van der Waals surface area contributed by atoms with Gasteiger partial charge in [0.25, 0.3) is 0 Å². The average molecular weight is 502 g/mol. The van der Waals surface area contributed by atoms with Crippen LogP contribution in [0, 0.1) is 5.82 Å². The van der Waals surface area contributed by atoms with Crippen molar-refractivity contribution in [3.8, 4) is 0 Å². The fourth-order valence-electron chi connectivity index (χ4n) is 3.58. The Kier molecular flexibility index (Phi) is 8.18. The molecule has 184 valence electrons. The predicted octanol–water partition coefficient (Wildman–Crippen LogP) is 3.15. The molecular formula is C24H25ClFN5O4. The van der Waals surface area contributed by atoms with Crippen molar-refractivity contribution in [1.82, 2.24) is 20.0 Å². The first-order chi connectivity index (χ1) is 16.6.